The summed E-state index contributed by atoms with van der Waals surface area (Å²) in [5.41, 5.74) is 3.88. The number of nitrogens with one attached hydrogen (secondary N) is 2. The van der Waals surface area contributed by atoms with E-state index < -0.39 is 12.0 Å². The van der Waals surface area contributed by atoms with Crippen LogP contribution in [0.5, 0.6) is 5.75 Å². The largest absolute Gasteiger partial charge is 0.508 e. The maximum atomic E-state index is 11.7. The highest BCUT2D eigenvalue weighted by Crippen LogP contribution is 2.23. The molecule has 0 unspecified atom stereocenters. The number of aromatic amines is 1. The number of carboxylic acid groups (broad SMARTS) is 1. The molecule has 0 fully saturated rings. The van der Waals surface area contributed by atoms with Crippen molar-refractivity contribution in [2.24, 2.45) is 0 Å². The van der Waals surface area contributed by atoms with Crippen molar-refractivity contribution in [2.75, 3.05) is 0 Å². The summed E-state index contributed by atoms with van der Waals surface area (Å²) in [4.78, 5) is 14.9. The van der Waals surface area contributed by atoms with Gasteiger partial charge in [0, 0.05) is 30.1 Å². The molecule has 0 saturated carbocycles. The van der Waals surface area contributed by atoms with Crippen LogP contribution in [-0.4, -0.2) is 27.2 Å². The zero-order valence-electron chi connectivity index (χ0n) is 15.0. The molecule has 0 saturated heterocycles. The lowest BCUT2D eigenvalue weighted by Crippen LogP contribution is -2.38. The zero-order valence-corrected chi connectivity index (χ0v) is 15.0. The molecule has 5 heteroatoms. The van der Waals surface area contributed by atoms with E-state index in [1.165, 1.54) is 0 Å². The fourth-order valence-electron chi connectivity index (χ4n) is 3.14. The average molecular weight is 352 g/mol. The molecule has 1 heterocycles. The Hall–Kier alpha value is -2.79. The number of rotatable bonds is 7. The third-order valence-corrected chi connectivity index (χ3v) is 4.62. The number of aromatic nitrogens is 1. The lowest BCUT2D eigenvalue weighted by Gasteiger charge is -2.16. The maximum absolute atomic E-state index is 11.7. The maximum Gasteiger partial charge on any atom is 0.321 e. The standard InChI is InChI=1S/C21H24N2O3/c1-13(2)15-7-14(8-17(24)9-15)11-22-20(21(25)26)10-16-12-23-19-6-4-3-5-18(16)19/h3-9,12-13,20,22-24H,10-11H2,1-2H3,(H,25,26)/t20-/m1/s1. The van der Waals surface area contributed by atoms with Crippen molar-refractivity contribution < 1.29 is 15.0 Å². The van der Waals surface area contributed by atoms with E-state index in [0.29, 0.717) is 18.9 Å². The van der Waals surface area contributed by atoms with Crippen molar-refractivity contribution in [1.29, 1.82) is 0 Å². The first-order valence-electron chi connectivity index (χ1n) is 8.78. The van der Waals surface area contributed by atoms with Gasteiger partial charge in [-0.15, -0.1) is 0 Å². The van der Waals surface area contributed by atoms with E-state index in [2.05, 4.69) is 24.1 Å². The molecule has 5 nitrogen and oxygen atoms in total. The third kappa shape index (κ3) is 4.06. The van der Waals surface area contributed by atoms with E-state index in [0.717, 1.165) is 27.6 Å². The Balaban J connectivity index is 1.74. The van der Waals surface area contributed by atoms with Crippen molar-refractivity contribution in [3.8, 4) is 5.75 Å². The number of aromatic hydroxyl groups is 1. The predicted octanol–water partition coefficient (Wildman–Crippen LogP) is 3.78. The first kappa shape index (κ1) is 18.0. The Morgan fingerprint density at radius 2 is 1.96 bits per heavy atom. The Morgan fingerprint density at radius 3 is 2.69 bits per heavy atom. The summed E-state index contributed by atoms with van der Waals surface area (Å²) in [6.45, 7) is 4.50. The number of fused-ring (bicyclic) bond motifs is 1. The third-order valence-electron chi connectivity index (χ3n) is 4.62. The van der Waals surface area contributed by atoms with Crippen LogP contribution < -0.4 is 5.32 Å². The molecule has 1 aromatic heterocycles. The second kappa shape index (κ2) is 7.62. The lowest BCUT2D eigenvalue weighted by atomic mass is 10.00. The van der Waals surface area contributed by atoms with Gasteiger partial charge in [-0.2, -0.15) is 0 Å². The number of carbonyl (C=O) groups is 1. The number of aliphatic carboxylic acids is 1. The topological polar surface area (TPSA) is 85.4 Å². The van der Waals surface area contributed by atoms with Crippen molar-refractivity contribution >= 4 is 16.9 Å². The van der Waals surface area contributed by atoms with Gasteiger partial charge in [-0.25, -0.2) is 0 Å². The highest BCUT2D eigenvalue weighted by molar-refractivity contribution is 5.84. The molecule has 3 aromatic rings. The molecule has 1 atom stereocenters. The number of hydrogen-bond donors (Lipinski definition) is 4. The quantitative estimate of drug-likeness (QED) is 0.521. The van der Waals surface area contributed by atoms with Crippen LogP contribution in [0, 0.1) is 0 Å². The monoisotopic (exact) mass is 352 g/mol. The number of benzene rings is 2. The average Bonchev–Trinajstić information content (AvgIpc) is 3.01. The van der Waals surface area contributed by atoms with Gasteiger partial charge in [0.15, 0.2) is 0 Å². The van der Waals surface area contributed by atoms with E-state index in [1.54, 1.807) is 12.1 Å². The van der Waals surface area contributed by atoms with E-state index >= 15 is 0 Å². The first-order valence-corrected chi connectivity index (χ1v) is 8.78. The van der Waals surface area contributed by atoms with Gasteiger partial charge in [-0.05, 0) is 40.8 Å². The molecule has 0 bridgehead atoms. The normalized spacial score (nSPS) is 12.6. The summed E-state index contributed by atoms with van der Waals surface area (Å²) in [6.07, 6.45) is 2.25. The second-order valence-electron chi connectivity index (χ2n) is 6.92. The van der Waals surface area contributed by atoms with Crippen LogP contribution >= 0.6 is 0 Å². The Kier molecular flexibility index (Phi) is 5.28. The van der Waals surface area contributed by atoms with Gasteiger partial charge in [-0.3, -0.25) is 4.79 Å². The molecule has 136 valence electrons. The van der Waals surface area contributed by atoms with Crippen LogP contribution in [0.25, 0.3) is 10.9 Å². The molecule has 26 heavy (non-hydrogen) atoms. The fraction of sp³-hybridized carbons (Fsp3) is 0.286. The number of H-pyrrole nitrogens is 1. The minimum Gasteiger partial charge on any atom is -0.508 e. The number of phenolic OH excluding ortho intramolecular Hbond substituents is 1. The summed E-state index contributed by atoms with van der Waals surface area (Å²) < 4.78 is 0. The van der Waals surface area contributed by atoms with Crippen LogP contribution in [0.4, 0.5) is 0 Å². The van der Waals surface area contributed by atoms with Gasteiger partial charge in [0.1, 0.15) is 11.8 Å². The highest BCUT2D eigenvalue weighted by atomic mass is 16.4. The first-order chi connectivity index (χ1) is 12.4. The van der Waals surface area contributed by atoms with E-state index in [9.17, 15) is 15.0 Å². The number of phenols is 1. The molecule has 0 aliphatic heterocycles. The molecule has 0 aliphatic carbocycles. The van der Waals surface area contributed by atoms with E-state index in [-0.39, 0.29) is 5.75 Å². The second-order valence-corrected chi connectivity index (χ2v) is 6.92. The summed E-state index contributed by atoms with van der Waals surface area (Å²) in [7, 11) is 0. The van der Waals surface area contributed by atoms with Gasteiger partial charge >= 0.3 is 5.97 Å². The Labute approximate surface area is 152 Å². The van der Waals surface area contributed by atoms with Gasteiger partial charge in [0.05, 0.1) is 0 Å². The van der Waals surface area contributed by atoms with Gasteiger partial charge < -0.3 is 20.5 Å². The predicted molar refractivity (Wildman–Crippen MR) is 102 cm³/mol. The lowest BCUT2D eigenvalue weighted by molar-refractivity contribution is -0.139. The van der Waals surface area contributed by atoms with Crippen LogP contribution in [0.3, 0.4) is 0 Å². The van der Waals surface area contributed by atoms with Crippen LogP contribution in [0.2, 0.25) is 0 Å². The highest BCUT2D eigenvalue weighted by Gasteiger charge is 2.19. The molecule has 0 spiro atoms. The van der Waals surface area contributed by atoms with Crippen molar-refractivity contribution in [2.45, 2.75) is 38.8 Å². The summed E-state index contributed by atoms with van der Waals surface area (Å²) in [5.74, 6) is -0.390. The van der Waals surface area contributed by atoms with Crippen LogP contribution in [0.15, 0.2) is 48.7 Å². The van der Waals surface area contributed by atoms with Gasteiger partial charge in [0.2, 0.25) is 0 Å². The van der Waals surface area contributed by atoms with E-state index in [1.807, 2.05) is 36.5 Å². The minimum absolute atomic E-state index is 0.205. The number of para-hydroxylation sites is 1. The van der Waals surface area contributed by atoms with Gasteiger partial charge in [-0.1, -0.05) is 38.1 Å². The Morgan fingerprint density at radius 1 is 1.19 bits per heavy atom. The molecule has 2 aromatic carbocycles. The van der Waals surface area contributed by atoms with Crippen molar-refractivity contribution in [3.05, 3.63) is 65.4 Å². The van der Waals surface area contributed by atoms with Crippen molar-refractivity contribution in [3.63, 3.8) is 0 Å². The van der Waals surface area contributed by atoms with Crippen LogP contribution in [-0.2, 0) is 17.8 Å². The molecule has 0 aliphatic rings. The molecular formula is C21H24N2O3. The number of hydrogen-bond acceptors (Lipinski definition) is 3. The molecule has 4 N–H and O–H groups in total. The molecule has 0 radical (unpaired) electrons. The van der Waals surface area contributed by atoms with E-state index in [4.69, 9.17) is 0 Å². The fourth-order valence-corrected chi connectivity index (χ4v) is 3.14. The number of carboxylic acids is 1. The molecular weight excluding hydrogens is 328 g/mol. The van der Waals surface area contributed by atoms with Crippen molar-refractivity contribution in [1.82, 2.24) is 10.3 Å². The molecule has 0 amide bonds. The summed E-state index contributed by atoms with van der Waals surface area (Å²) in [6, 6.07) is 12.6. The summed E-state index contributed by atoms with van der Waals surface area (Å²) in [5, 5.41) is 23.6. The minimum atomic E-state index is -0.889. The Bertz CT molecular complexity index is 915. The van der Waals surface area contributed by atoms with Gasteiger partial charge in [0.25, 0.3) is 0 Å². The molecule has 3 rings (SSSR count). The van der Waals surface area contributed by atoms with Crippen LogP contribution in [0.1, 0.15) is 36.5 Å². The SMILES string of the molecule is CC(C)c1cc(O)cc(CN[C@H](Cc2c[nH]c3ccccc23)C(=O)O)c1. The summed E-state index contributed by atoms with van der Waals surface area (Å²) >= 11 is 0. The smallest absolute Gasteiger partial charge is 0.321 e. The zero-order chi connectivity index (χ0) is 18.7.